The maximum atomic E-state index is 12.4. The summed E-state index contributed by atoms with van der Waals surface area (Å²) < 4.78 is 29.1. The van der Waals surface area contributed by atoms with Gasteiger partial charge in [-0.25, -0.2) is 4.79 Å². The molecule has 0 unspecified atom stereocenters. The van der Waals surface area contributed by atoms with Crippen molar-refractivity contribution >= 4 is 11.7 Å². The summed E-state index contributed by atoms with van der Waals surface area (Å²) in [5, 5.41) is 5.41. The average molecular weight is 320 g/mol. The summed E-state index contributed by atoms with van der Waals surface area (Å²) in [5.74, 6) is 0.0508. The largest absolute Gasteiger partial charge is 0.434 e. The van der Waals surface area contributed by atoms with Gasteiger partial charge < -0.3 is 15.4 Å². The van der Waals surface area contributed by atoms with Gasteiger partial charge in [-0.2, -0.15) is 8.78 Å². The van der Waals surface area contributed by atoms with E-state index in [1.165, 1.54) is 6.07 Å². The first kappa shape index (κ1) is 16.7. The Kier molecular flexibility index (Phi) is 5.51. The molecule has 2 N–H and O–H groups in total. The van der Waals surface area contributed by atoms with Crippen molar-refractivity contribution in [2.24, 2.45) is 0 Å². The van der Waals surface area contributed by atoms with Crippen LogP contribution >= 0.6 is 0 Å². The lowest BCUT2D eigenvalue weighted by Gasteiger charge is -2.14. The maximum absolute atomic E-state index is 12.4. The summed E-state index contributed by atoms with van der Waals surface area (Å²) in [4.78, 5) is 12.0. The van der Waals surface area contributed by atoms with Crippen molar-refractivity contribution in [2.45, 2.75) is 27.0 Å². The first-order valence-corrected chi connectivity index (χ1v) is 7.11. The van der Waals surface area contributed by atoms with Crippen LogP contribution in [0.4, 0.5) is 19.3 Å². The fourth-order valence-corrected chi connectivity index (χ4v) is 2.21. The van der Waals surface area contributed by atoms with Crippen LogP contribution in [0.2, 0.25) is 0 Å². The van der Waals surface area contributed by atoms with Crippen molar-refractivity contribution < 1.29 is 18.3 Å². The number of nitrogens with one attached hydrogen (secondary N) is 2. The summed E-state index contributed by atoms with van der Waals surface area (Å²) >= 11 is 0. The predicted molar refractivity (Wildman–Crippen MR) is 84.8 cm³/mol. The molecule has 23 heavy (non-hydrogen) atoms. The van der Waals surface area contributed by atoms with Crippen molar-refractivity contribution in [3.8, 4) is 5.75 Å². The first-order valence-electron chi connectivity index (χ1n) is 7.11. The lowest BCUT2D eigenvalue weighted by atomic mass is 10.1. The molecule has 2 aromatic rings. The van der Waals surface area contributed by atoms with Gasteiger partial charge in [0.1, 0.15) is 5.75 Å². The van der Waals surface area contributed by atoms with E-state index in [9.17, 15) is 13.6 Å². The summed E-state index contributed by atoms with van der Waals surface area (Å²) in [5.41, 5.74) is 3.11. The van der Waals surface area contributed by atoms with Crippen LogP contribution < -0.4 is 15.4 Å². The average Bonchev–Trinajstić information content (AvgIpc) is 2.50. The molecule has 6 heteroatoms. The standard InChI is InChI=1S/C17H18F2N2O2/c1-11-6-5-7-12(2)15(11)21-17(22)20-10-13-8-3-4-9-14(13)23-16(18)19/h3-9,16H,10H2,1-2H3,(H2,20,21,22). The van der Waals surface area contributed by atoms with Crippen molar-refractivity contribution in [2.75, 3.05) is 5.32 Å². The number of para-hydroxylation sites is 2. The molecule has 0 aliphatic carbocycles. The van der Waals surface area contributed by atoms with E-state index in [-0.39, 0.29) is 12.3 Å². The molecule has 0 spiro atoms. The third kappa shape index (κ3) is 4.67. The van der Waals surface area contributed by atoms with Gasteiger partial charge in [-0.1, -0.05) is 36.4 Å². The molecule has 0 saturated carbocycles. The summed E-state index contributed by atoms with van der Waals surface area (Å²) in [6.07, 6.45) is 0. The molecule has 0 heterocycles. The van der Waals surface area contributed by atoms with Gasteiger partial charge in [0.25, 0.3) is 0 Å². The zero-order chi connectivity index (χ0) is 16.8. The highest BCUT2D eigenvalue weighted by atomic mass is 19.3. The Morgan fingerprint density at radius 3 is 2.39 bits per heavy atom. The second-order valence-electron chi connectivity index (χ2n) is 5.06. The van der Waals surface area contributed by atoms with E-state index in [0.29, 0.717) is 5.56 Å². The van der Waals surface area contributed by atoms with Crippen LogP contribution in [0.25, 0.3) is 0 Å². The molecule has 122 valence electrons. The number of hydrogen-bond donors (Lipinski definition) is 2. The van der Waals surface area contributed by atoms with E-state index in [1.54, 1.807) is 18.2 Å². The number of aryl methyl sites for hydroxylation is 2. The van der Waals surface area contributed by atoms with Gasteiger partial charge in [0.05, 0.1) is 0 Å². The normalized spacial score (nSPS) is 10.5. The smallest absolute Gasteiger partial charge is 0.387 e. The molecule has 0 saturated heterocycles. The Morgan fingerprint density at radius 1 is 1.09 bits per heavy atom. The minimum absolute atomic E-state index is 0.0508. The number of alkyl halides is 2. The Hall–Kier alpha value is -2.63. The second kappa shape index (κ2) is 7.58. The molecule has 4 nitrogen and oxygen atoms in total. The van der Waals surface area contributed by atoms with Crippen LogP contribution in [0.3, 0.4) is 0 Å². The second-order valence-corrected chi connectivity index (χ2v) is 5.06. The molecule has 0 radical (unpaired) electrons. The number of carbonyl (C=O) groups is 1. The van der Waals surface area contributed by atoms with Gasteiger partial charge in [0, 0.05) is 17.8 Å². The number of amides is 2. The van der Waals surface area contributed by atoms with E-state index < -0.39 is 12.6 Å². The first-order chi connectivity index (χ1) is 11.0. The highest BCUT2D eigenvalue weighted by molar-refractivity contribution is 5.90. The maximum Gasteiger partial charge on any atom is 0.387 e. The Balaban J connectivity index is 2.00. The van der Waals surface area contributed by atoms with Crippen molar-refractivity contribution in [1.29, 1.82) is 0 Å². The van der Waals surface area contributed by atoms with E-state index in [0.717, 1.165) is 16.8 Å². The lowest BCUT2D eigenvalue weighted by molar-refractivity contribution is -0.0504. The SMILES string of the molecule is Cc1cccc(C)c1NC(=O)NCc1ccccc1OC(F)F. The van der Waals surface area contributed by atoms with Gasteiger partial charge in [-0.15, -0.1) is 0 Å². The number of rotatable bonds is 5. The summed E-state index contributed by atoms with van der Waals surface area (Å²) in [6.45, 7) is 0.974. The summed E-state index contributed by atoms with van der Waals surface area (Å²) in [6, 6.07) is 11.6. The van der Waals surface area contributed by atoms with Crippen LogP contribution in [0.5, 0.6) is 5.75 Å². The number of hydrogen-bond acceptors (Lipinski definition) is 2. The summed E-state index contributed by atoms with van der Waals surface area (Å²) in [7, 11) is 0. The minimum Gasteiger partial charge on any atom is -0.434 e. The van der Waals surface area contributed by atoms with Gasteiger partial charge in [-0.3, -0.25) is 0 Å². The third-order valence-electron chi connectivity index (χ3n) is 3.35. The predicted octanol–water partition coefficient (Wildman–Crippen LogP) is 4.23. The fraction of sp³-hybridized carbons (Fsp3) is 0.235. The highest BCUT2D eigenvalue weighted by Crippen LogP contribution is 2.21. The monoisotopic (exact) mass is 320 g/mol. The van der Waals surface area contributed by atoms with E-state index in [1.807, 2.05) is 32.0 Å². The molecule has 2 amide bonds. The van der Waals surface area contributed by atoms with E-state index >= 15 is 0 Å². The van der Waals surface area contributed by atoms with Crippen LogP contribution in [-0.4, -0.2) is 12.6 Å². The third-order valence-corrected chi connectivity index (χ3v) is 3.35. The number of ether oxygens (including phenoxy) is 1. The van der Waals surface area contributed by atoms with Gasteiger partial charge in [0.2, 0.25) is 0 Å². The van der Waals surface area contributed by atoms with Crippen LogP contribution in [0.15, 0.2) is 42.5 Å². The highest BCUT2D eigenvalue weighted by Gasteiger charge is 2.11. The van der Waals surface area contributed by atoms with Crippen molar-refractivity contribution in [1.82, 2.24) is 5.32 Å². The van der Waals surface area contributed by atoms with Crippen molar-refractivity contribution in [3.05, 3.63) is 59.2 Å². The Labute approximate surface area is 133 Å². The Morgan fingerprint density at radius 2 is 1.74 bits per heavy atom. The molecule has 0 aliphatic heterocycles. The number of halogens is 2. The molecule has 0 bridgehead atoms. The van der Waals surface area contributed by atoms with Gasteiger partial charge >= 0.3 is 12.6 Å². The van der Waals surface area contributed by atoms with E-state index in [2.05, 4.69) is 15.4 Å². The van der Waals surface area contributed by atoms with Crippen molar-refractivity contribution in [3.63, 3.8) is 0 Å². The Bertz CT molecular complexity index is 670. The zero-order valence-electron chi connectivity index (χ0n) is 12.9. The topological polar surface area (TPSA) is 50.4 Å². The fourth-order valence-electron chi connectivity index (χ4n) is 2.21. The number of urea groups is 1. The van der Waals surface area contributed by atoms with E-state index in [4.69, 9.17) is 0 Å². The number of carbonyl (C=O) groups excluding carboxylic acids is 1. The van der Waals surface area contributed by atoms with Crippen LogP contribution in [0, 0.1) is 13.8 Å². The molecule has 2 rings (SSSR count). The molecular weight excluding hydrogens is 302 g/mol. The number of anilines is 1. The quantitative estimate of drug-likeness (QED) is 0.866. The number of benzene rings is 2. The van der Waals surface area contributed by atoms with Crippen LogP contribution in [0.1, 0.15) is 16.7 Å². The molecule has 2 aromatic carbocycles. The molecule has 0 fully saturated rings. The lowest BCUT2D eigenvalue weighted by Crippen LogP contribution is -2.29. The zero-order valence-corrected chi connectivity index (χ0v) is 12.9. The van der Waals surface area contributed by atoms with Crippen LogP contribution in [-0.2, 0) is 6.54 Å². The molecule has 0 aromatic heterocycles. The molecular formula is C17H18F2N2O2. The minimum atomic E-state index is -2.90. The van der Waals surface area contributed by atoms with Gasteiger partial charge in [-0.05, 0) is 31.0 Å². The van der Waals surface area contributed by atoms with Gasteiger partial charge in [0.15, 0.2) is 0 Å². The molecule has 0 aliphatic rings. The molecule has 0 atom stereocenters.